The molecule has 0 radical (unpaired) electrons. The number of Topliss-reactive ketones (excluding diaryl/α,β-unsaturated/α-hetero) is 1. The van der Waals surface area contributed by atoms with Crippen molar-refractivity contribution in [2.75, 3.05) is 13.1 Å². The Bertz CT molecular complexity index is 840. The molecule has 3 rings (SSSR count). The molecular weight excluding hydrogens is 373 g/mol. The van der Waals surface area contributed by atoms with Crippen molar-refractivity contribution in [2.45, 2.75) is 31.5 Å². The number of nitrogens with zero attached hydrogens (tertiary/aromatic N) is 2. The molecule has 5 nitrogen and oxygen atoms in total. The van der Waals surface area contributed by atoms with Crippen molar-refractivity contribution in [1.29, 1.82) is 0 Å². The number of carbonyl (C=O) groups is 2. The fourth-order valence-electron chi connectivity index (χ4n) is 3.02. The number of rotatable bonds is 6. The molecule has 0 N–H and O–H groups in total. The van der Waals surface area contributed by atoms with Gasteiger partial charge in [0.2, 0.25) is 11.8 Å². The number of likely N-dealkylation sites (tertiary alicyclic amines) is 1. The highest BCUT2D eigenvalue weighted by atomic mass is 19.4. The summed E-state index contributed by atoms with van der Waals surface area (Å²) in [5, 5.41) is 0. The Hall–Kier alpha value is -2.90. The Labute approximate surface area is 160 Å². The Kier molecular flexibility index (Phi) is 5.96. The lowest BCUT2D eigenvalue weighted by Crippen LogP contribution is -2.31. The third-order valence-electron chi connectivity index (χ3n) is 4.51. The van der Waals surface area contributed by atoms with E-state index < -0.39 is 17.8 Å². The highest BCUT2D eigenvalue weighted by Crippen LogP contribution is 2.31. The van der Waals surface area contributed by atoms with Crippen molar-refractivity contribution in [2.24, 2.45) is 0 Å². The van der Waals surface area contributed by atoms with Gasteiger partial charge in [0.25, 0.3) is 0 Å². The number of benzene rings is 1. The van der Waals surface area contributed by atoms with E-state index >= 15 is 0 Å². The zero-order valence-electron chi connectivity index (χ0n) is 15.0. The summed E-state index contributed by atoms with van der Waals surface area (Å²) >= 11 is 0. The molecule has 1 aliphatic heterocycles. The standard InChI is InChI=1S/C20H19F3N2O3/c21-20(22,23)15-8-10-24-18(12-15)28-16-9-11-25(13-16)19(27)7-6-17(26)14-4-2-1-3-5-14/h1-5,8,10,12,16H,6-7,9,11,13H2/t16-/m0/s1. The number of ketones is 1. The molecule has 148 valence electrons. The summed E-state index contributed by atoms with van der Waals surface area (Å²) < 4.78 is 43.8. The summed E-state index contributed by atoms with van der Waals surface area (Å²) in [6, 6.07) is 10.5. The van der Waals surface area contributed by atoms with E-state index in [4.69, 9.17) is 4.74 Å². The molecule has 28 heavy (non-hydrogen) atoms. The molecule has 2 heterocycles. The monoisotopic (exact) mass is 392 g/mol. The molecule has 1 atom stereocenters. The zero-order valence-corrected chi connectivity index (χ0v) is 15.0. The van der Waals surface area contributed by atoms with Gasteiger partial charge in [-0.25, -0.2) is 4.98 Å². The Morgan fingerprint density at radius 2 is 1.89 bits per heavy atom. The molecular formula is C20H19F3N2O3. The van der Waals surface area contributed by atoms with E-state index in [0.29, 0.717) is 18.5 Å². The molecule has 1 aliphatic rings. The lowest BCUT2D eigenvalue weighted by Gasteiger charge is -2.17. The van der Waals surface area contributed by atoms with Crippen LogP contribution in [0.2, 0.25) is 0 Å². The second kappa shape index (κ2) is 8.41. The average molecular weight is 392 g/mol. The smallest absolute Gasteiger partial charge is 0.416 e. The quantitative estimate of drug-likeness (QED) is 0.703. The average Bonchev–Trinajstić information content (AvgIpc) is 3.14. The lowest BCUT2D eigenvalue weighted by atomic mass is 10.1. The second-order valence-electron chi connectivity index (χ2n) is 6.54. The summed E-state index contributed by atoms with van der Waals surface area (Å²) in [5.41, 5.74) is -0.267. The van der Waals surface area contributed by atoms with Crippen LogP contribution in [0, 0.1) is 0 Å². The number of aromatic nitrogens is 1. The normalized spacial score (nSPS) is 16.8. The number of pyridine rings is 1. The molecule has 1 aromatic carbocycles. The first-order valence-electron chi connectivity index (χ1n) is 8.89. The van der Waals surface area contributed by atoms with E-state index in [1.807, 2.05) is 6.07 Å². The summed E-state index contributed by atoms with van der Waals surface area (Å²) in [6.45, 7) is 0.693. The summed E-state index contributed by atoms with van der Waals surface area (Å²) in [6.07, 6.45) is -3.15. The van der Waals surface area contributed by atoms with Gasteiger partial charge in [0.05, 0.1) is 12.1 Å². The lowest BCUT2D eigenvalue weighted by molar-refractivity contribution is -0.137. The first-order valence-corrected chi connectivity index (χ1v) is 8.89. The zero-order chi connectivity index (χ0) is 20.1. The maximum absolute atomic E-state index is 12.8. The third-order valence-corrected chi connectivity index (χ3v) is 4.51. The molecule has 2 aromatic rings. The van der Waals surface area contributed by atoms with Crippen molar-refractivity contribution in [1.82, 2.24) is 9.88 Å². The Morgan fingerprint density at radius 1 is 1.14 bits per heavy atom. The van der Waals surface area contributed by atoms with Gasteiger partial charge in [-0.15, -0.1) is 0 Å². The first kappa shape index (κ1) is 19.9. The SMILES string of the molecule is O=C(CCC(=O)N1CC[C@H](Oc2cc(C(F)(F)F)ccn2)C1)c1ccccc1. The van der Waals surface area contributed by atoms with Gasteiger partial charge in [-0.1, -0.05) is 30.3 Å². The van der Waals surface area contributed by atoms with Gasteiger partial charge >= 0.3 is 6.18 Å². The number of alkyl halides is 3. The molecule has 8 heteroatoms. The van der Waals surface area contributed by atoms with Gasteiger partial charge in [-0.05, 0) is 6.07 Å². The number of ether oxygens (including phenoxy) is 1. The number of amides is 1. The summed E-state index contributed by atoms with van der Waals surface area (Å²) in [5.74, 6) is -0.394. The summed E-state index contributed by atoms with van der Waals surface area (Å²) in [4.78, 5) is 29.8. The number of halogens is 3. The fraction of sp³-hybridized carbons (Fsp3) is 0.350. The third kappa shape index (κ3) is 5.09. The molecule has 1 fully saturated rings. The molecule has 0 unspecified atom stereocenters. The van der Waals surface area contributed by atoms with Crippen LogP contribution in [0.3, 0.4) is 0 Å². The van der Waals surface area contributed by atoms with Gasteiger partial charge in [0.15, 0.2) is 5.78 Å². The van der Waals surface area contributed by atoms with E-state index in [0.717, 1.165) is 18.3 Å². The van der Waals surface area contributed by atoms with E-state index in [1.54, 1.807) is 29.2 Å². The number of carbonyl (C=O) groups excluding carboxylic acids is 2. The first-order chi connectivity index (χ1) is 13.3. The molecule has 0 saturated carbocycles. The van der Waals surface area contributed by atoms with E-state index in [2.05, 4.69) is 4.98 Å². The van der Waals surface area contributed by atoms with Crippen LogP contribution in [0.15, 0.2) is 48.7 Å². The number of hydrogen-bond donors (Lipinski definition) is 0. The van der Waals surface area contributed by atoms with Crippen LogP contribution in [-0.2, 0) is 11.0 Å². The minimum absolute atomic E-state index is 0.0856. The maximum atomic E-state index is 12.8. The van der Waals surface area contributed by atoms with Crippen LogP contribution < -0.4 is 4.74 Å². The number of hydrogen-bond acceptors (Lipinski definition) is 4. The van der Waals surface area contributed by atoms with Crippen LogP contribution in [0.25, 0.3) is 0 Å². The molecule has 1 amide bonds. The van der Waals surface area contributed by atoms with E-state index in [-0.39, 0.29) is 37.0 Å². The van der Waals surface area contributed by atoms with Gasteiger partial charge in [-0.3, -0.25) is 9.59 Å². The molecule has 0 aliphatic carbocycles. The Balaban J connectivity index is 1.50. The minimum Gasteiger partial charge on any atom is -0.472 e. The van der Waals surface area contributed by atoms with Gasteiger partial charge in [0.1, 0.15) is 6.10 Å². The van der Waals surface area contributed by atoms with Crippen LogP contribution in [-0.4, -0.2) is 40.8 Å². The van der Waals surface area contributed by atoms with Gasteiger partial charge in [0, 0.05) is 43.6 Å². The highest BCUT2D eigenvalue weighted by Gasteiger charge is 2.32. The largest absolute Gasteiger partial charge is 0.472 e. The fourth-order valence-corrected chi connectivity index (χ4v) is 3.02. The van der Waals surface area contributed by atoms with Crippen LogP contribution in [0.1, 0.15) is 35.2 Å². The van der Waals surface area contributed by atoms with Gasteiger partial charge in [-0.2, -0.15) is 13.2 Å². The molecule has 1 aromatic heterocycles. The van der Waals surface area contributed by atoms with Crippen molar-refractivity contribution in [3.63, 3.8) is 0 Å². The van der Waals surface area contributed by atoms with Crippen LogP contribution >= 0.6 is 0 Å². The van der Waals surface area contributed by atoms with Crippen molar-refractivity contribution in [3.05, 3.63) is 59.8 Å². The van der Waals surface area contributed by atoms with Crippen molar-refractivity contribution in [3.8, 4) is 5.88 Å². The predicted molar refractivity (Wildman–Crippen MR) is 94.9 cm³/mol. The van der Waals surface area contributed by atoms with Crippen LogP contribution in [0.5, 0.6) is 5.88 Å². The maximum Gasteiger partial charge on any atom is 0.416 e. The molecule has 0 spiro atoms. The second-order valence-corrected chi connectivity index (χ2v) is 6.54. The van der Waals surface area contributed by atoms with Crippen LogP contribution in [0.4, 0.5) is 13.2 Å². The molecule has 1 saturated heterocycles. The predicted octanol–water partition coefficient (Wildman–Crippen LogP) is 3.74. The minimum atomic E-state index is -4.47. The van der Waals surface area contributed by atoms with Gasteiger partial charge < -0.3 is 9.64 Å². The summed E-state index contributed by atoms with van der Waals surface area (Å²) in [7, 11) is 0. The van der Waals surface area contributed by atoms with E-state index in [1.165, 1.54) is 0 Å². The van der Waals surface area contributed by atoms with E-state index in [9.17, 15) is 22.8 Å². The van der Waals surface area contributed by atoms with Crippen molar-refractivity contribution < 1.29 is 27.5 Å². The Morgan fingerprint density at radius 3 is 2.61 bits per heavy atom. The van der Waals surface area contributed by atoms with Crippen molar-refractivity contribution >= 4 is 11.7 Å². The highest BCUT2D eigenvalue weighted by molar-refractivity contribution is 5.97. The topological polar surface area (TPSA) is 59.5 Å². The molecule has 0 bridgehead atoms.